The van der Waals surface area contributed by atoms with Crippen molar-refractivity contribution in [3.8, 4) is 0 Å². The summed E-state index contributed by atoms with van der Waals surface area (Å²) in [4.78, 5) is 0. The lowest BCUT2D eigenvalue weighted by Gasteiger charge is -2.07. The van der Waals surface area contributed by atoms with E-state index in [0.717, 1.165) is 5.56 Å². The van der Waals surface area contributed by atoms with Crippen LogP contribution in [-0.2, 0) is 16.4 Å². The number of anilines is 1. The third-order valence-corrected chi connectivity index (χ3v) is 3.01. The van der Waals surface area contributed by atoms with Gasteiger partial charge in [-0.25, -0.2) is 8.42 Å². The third kappa shape index (κ3) is 3.61. The summed E-state index contributed by atoms with van der Waals surface area (Å²) in [5.74, 6) is -2.99. The normalized spacial score (nSPS) is 11.8. The molecule has 0 heterocycles. The topological polar surface area (TPSA) is 46.2 Å². The Balaban J connectivity index is 2.76. The molecular weight excluding hydrogens is 260 g/mol. The quantitative estimate of drug-likeness (QED) is 0.835. The second-order valence-electron chi connectivity index (χ2n) is 3.04. The maximum atomic E-state index is 12.0. The number of halogens is 3. The van der Waals surface area contributed by atoms with Gasteiger partial charge in [0.05, 0.1) is 0 Å². The number of nitrogens with one attached hydrogen (secondary N) is 1. The van der Waals surface area contributed by atoms with Gasteiger partial charge in [0, 0.05) is 11.6 Å². The lowest BCUT2D eigenvalue weighted by Crippen LogP contribution is -2.20. The summed E-state index contributed by atoms with van der Waals surface area (Å²) >= 11 is 5.51. The van der Waals surface area contributed by atoms with Crippen LogP contribution in [0.1, 0.15) is 5.56 Å². The molecule has 0 saturated heterocycles. The van der Waals surface area contributed by atoms with Gasteiger partial charge in [-0.2, -0.15) is 8.78 Å². The largest absolute Gasteiger partial charge is 0.355 e. The number of hydrogen-bond acceptors (Lipinski definition) is 2. The molecule has 0 aliphatic carbocycles. The van der Waals surface area contributed by atoms with Crippen LogP contribution in [0.3, 0.4) is 0 Å². The lowest BCUT2D eigenvalue weighted by molar-refractivity contribution is 0.236. The van der Waals surface area contributed by atoms with Crippen LogP contribution in [0, 0.1) is 0 Å². The summed E-state index contributed by atoms with van der Waals surface area (Å²) < 4.78 is 47.5. The predicted octanol–water partition coefficient (Wildman–Crippen LogP) is 2.43. The van der Waals surface area contributed by atoms with Crippen LogP contribution in [-0.4, -0.2) is 20.1 Å². The first kappa shape index (κ1) is 13.2. The molecule has 0 amide bonds. The highest BCUT2D eigenvalue weighted by molar-refractivity contribution is 7.93. The molecule has 1 aromatic carbocycles. The molecule has 1 rings (SSSR count). The highest BCUT2D eigenvalue weighted by Gasteiger charge is 2.23. The van der Waals surface area contributed by atoms with Crippen molar-refractivity contribution in [1.82, 2.24) is 0 Å². The highest BCUT2D eigenvalue weighted by atomic mass is 35.5. The Hall–Kier alpha value is -0.880. The average molecular weight is 270 g/mol. The van der Waals surface area contributed by atoms with E-state index in [1.54, 1.807) is 16.9 Å². The van der Waals surface area contributed by atoms with Crippen molar-refractivity contribution < 1.29 is 17.2 Å². The maximum absolute atomic E-state index is 12.0. The lowest BCUT2D eigenvalue weighted by atomic mass is 10.2. The van der Waals surface area contributed by atoms with E-state index in [0.29, 0.717) is 12.3 Å². The summed E-state index contributed by atoms with van der Waals surface area (Å²) in [6, 6.07) is 6.10. The van der Waals surface area contributed by atoms with E-state index in [2.05, 4.69) is 0 Å². The van der Waals surface area contributed by atoms with Crippen molar-refractivity contribution in [2.24, 2.45) is 0 Å². The van der Waals surface area contributed by atoms with Crippen molar-refractivity contribution in [1.29, 1.82) is 0 Å². The number of rotatable bonds is 5. The van der Waals surface area contributed by atoms with Gasteiger partial charge in [0.2, 0.25) is 0 Å². The zero-order valence-corrected chi connectivity index (χ0v) is 9.73. The Bertz CT molecular complexity index is 433. The van der Waals surface area contributed by atoms with Crippen LogP contribution in [0.4, 0.5) is 14.5 Å². The Morgan fingerprint density at radius 3 is 2.25 bits per heavy atom. The van der Waals surface area contributed by atoms with Gasteiger partial charge < -0.3 is 0 Å². The van der Waals surface area contributed by atoms with Gasteiger partial charge in [0.25, 0.3) is 10.0 Å². The maximum Gasteiger partial charge on any atom is 0.355 e. The van der Waals surface area contributed by atoms with Crippen LogP contribution in [0.5, 0.6) is 0 Å². The molecule has 0 spiro atoms. The monoisotopic (exact) mass is 269 g/mol. The molecule has 90 valence electrons. The Morgan fingerprint density at radius 2 is 1.81 bits per heavy atom. The predicted molar refractivity (Wildman–Crippen MR) is 59.4 cm³/mol. The van der Waals surface area contributed by atoms with E-state index in [1.807, 2.05) is 0 Å². The SMILES string of the molecule is O=S(=O)(Nc1ccc(CCCl)cc1)C(F)F. The molecule has 16 heavy (non-hydrogen) atoms. The zero-order valence-electron chi connectivity index (χ0n) is 8.16. The molecule has 0 radical (unpaired) electrons. The molecule has 0 aromatic heterocycles. The Morgan fingerprint density at radius 1 is 1.25 bits per heavy atom. The van der Waals surface area contributed by atoms with Crippen molar-refractivity contribution in [2.45, 2.75) is 12.2 Å². The van der Waals surface area contributed by atoms with Gasteiger partial charge >= 0.3 is 5.76 Å². The molecular formula is C9H10ClF2NO2S. The molecule has 1 aromatic rings. The molecule has 1 N–H and O–H groups in total. The molecule has 3 nitrogen and oxygen atoms in total. The summed E-state index contributed by atoms with van der Waals surface area (Å²) in [7, 11) is -4.59. The first-order valence-electron chi connectivity index (χ1n) is 4.40. The van der Waals surface area contributed by atoms with Gasteiger partial charge in [-0.3, -0.25) is 4.72 Å². The van der Waals surface area contributed by atoms with E-state index in [1.165, 1.54) is 12.1 Å². The number of benzene rings is 1. The molecule has 0 aliphatic rings. The number of aryl methyl sites for hydroxylation is 1. The van der Waals surface area contributed by atoms with Gasteiger partial charge in [-0.1, -0.05) is 12.1 Å². The minimum absolute atomic E-state index is 0.110. The summed E-state index contributed by atoms with van der Waals surface area (Å²) in [6.07, 6.45) is 0.642. The molecule has 0 bridgehead atoms. The van der Waals surface area contributed by atoms with Crippen molar-refractivity contribution >= 4 is 27.3 Å². The fourth-order valence-electron chi connectivity index (χ4n) is 1.06. The van der Waals surface area contributed by atoms with Crippen molar-refractivity contribution in [2.75, 3.05) is 10.6 Å². The minimum Gasteiger partial charge on any atom is -0.279 e. The van der Waals surface area contributed by atoms with Crippen LogP contribution in [0.15, 0.2) is 24.3 Å². The number of alkyl halides is 3. The fourth-order valence-corrected chi connectivity index (χ4v) is 1.83. The van der Waals surface area contributed by atoms with Gasteiger partial charge in [-0.15, -0.1) is 11.6 Å². The Labute approximate surface area is 97.5 Å². The number of hydrogen-bond donors (Lipinski definition) is 1. The standard InChI is InChI=1S/C9H10ClF2NO2S/c10-6-5-7-1-3-8(4-2-7)13-16(14,15)9(11)12/h1-4,9,13H,5-6H2. The van der Waals surface area contributed by atoms with E-state index in [4.69, 9.17) is 11.6 Å². The third-order valence-electron chi connectivity index (χ3n) is 1.83. The molecule has 0 saturated carbocycles. The van der Waals surface area contributed by atoms with Crippen LogP contribution in [0.2, 0.25) is 0 Å². The van der Waals surface area contributed by atoms with Crippen LogP contribution in [0.25, 0.3) is 0 Å². The Kier molecular flexibility index (Phi) is 4.49. The van der Waals surface area contributed by atoms with Gasteiger partial charge in [-0.05, 0) is 24.1 Å². The molecule has 7 heteroatoms. The van der Waals surface area contributed by atoms with Gasteiger partial charge in [0.15, 0.2) is 0 Å². The first-order valence-corrected chi connectivity index (χ1v) is 6.48. The summed E-state index contributed by atoms with van der Waals surface area (Å²) in [6.45, 7) is 0. The van der Waals surface area contributed by atoms with E-state index in [-0.39, 0.29) is 5.69 Å². The minimum atomic E-state index is -4.59. The van der Waals surface area contributed by atoms with E-state index < -0.39 is 15.8 Å². The fraction of sp³-hybridized carbons (Fsp3) is 0.333. The highest BCUT2D eigenvalue weighted by Crippen LogP contribution is 2.15. The number of sulfonamides is 1. The van der Waals surface area contributed by atoms with E-state index in [9.17, 15) is 17.2 Å². The molecule has 0 atom stereocenters. The van der Waals surface area contributed by atoms with Gasteiger partial charge in [0.1, 0.15) is 0 Å². The summed E-state index contributed by atoms with van der Waals surface area (Å²) in [5, 5.41) is 0. The van der Waals surface area contributed by atoms with Crippen molar-refractivity contribution in [3.05, 3.63) is 29.8 Å². The molecule has 0 unspecified atom stereocenters. The second-order valence-corrected chi connectivity index (χ2v) is 5.07. The average Bonchev–Trinajstić information content (AvgIpc) is 2.21. The smallest absolute Gasteiger partial charge is 0.279 e. The zero-order chi connectivity index (χ0) is 12.2. The molecule has 0 aliphatic heterocycles. The molecule has 0 fully saturated rings. The van der Waals surface area contributed by atoms with Crippen LogP contribution < -0.4 is 4.72 Å². The van der Waals surface area contributed by atoms with Crippen LogP contribution >= 0.6 is 11.6 Å². The van der Waals surface area contributed by atoms with Crippen molar-refractivity contribution in [3.63, 3.8) is 0 Å². The second kappa shape index (κ2) is 5.45. The summed E-state index contributed by atoms with van der Waals surface area (Å²) in [5.41, 5.74) is 1.02. The first-order chi connectivity index (χ1) is 7.45. The van der Waals surface area contributed by atoms with E-state index >= 15 is 0 Å².